The maximum atomic E-state index is 9.37. The number of hydrogen-bond donors (Lipinski definition) is 4. The molecule has 0 aromatic carbocycles. The van der Waals surface area contributed by atoms with Gasteiger partial charge in [-0.3, -0.25) is 19.2 Å². The van der Waals surface area contributed by atoms with Gasteiger partial charge in [-0.1, -0.05) is 27.7 Å². The molecule has 0 bridgehead atoms. The van der Waals surface area contributed by atoms with E-state index in [2.05, 4.69) is 0 Å². The Morgan fingerprint density at radius 3 is 0.571 bits per heavy atom. The normalized spacial score (nSPS) is 7.05. The van der Waals surface area contributed by atoms with Crippen molar-refractivity contribution >= 4 is 23.9 Å². The zero-order chi connectivity index (χ0) is 17.1. The zero-order valence-electron chi connectivity index (χ0n) is 12.8. The van der Waals surface area contributed by atoms with Gasteiger partial charge in [0.05, 0.1) is 0 Å². The maximum absolute atomic E-state index is 9.37. The standard InChI is InChI=1S/4C3H6O2.Ti/c4*1-2-3(4)5;/h4*2H2,1H3,(H,4,5);. The molecular formula is C12H24O8Ti. The first-order chi connectivity index (χ1) is 9.08. The van der Waals surface area contributed by atoms with Gasteiger partial charge >= 0.3 is 23.9 Å². The molecule has 0 aromatic heterocycles. The first-order valence-corrected chi connectivity index (χ1v) is 5.95. The SMILES string of the molecule is CCC(=O)O.CCC(=O)O.CCC(=O)O.CCC(=O)O.[Ti]. The zero-order valence-corrected chi connectivity index (χ0v) is 14.3. The molecule has 0 fully saturated rings. The maximum Gasteiger partial charge on any atom is 0.303 e. The van der Waals surface area contributed by atoms with Crippen LogP contribution in [0, 0.1) is 0 Å². The predicted molar refractivity (Wildman–Crippen MR) is 71.7 cm³/mol. The summed E-state index contributed by atoms with van der Waals surface area (Å²) in [5, 5.41) is 30.9. The first-order valence-electron chi connectivity index (χ1n) is 5.95. The Hall–Kier alpha value is -1.41. The van der Waals surface area contributed by atoms with Crippen molar-refractivity contribution in [3.8, 4) is 0 Å². The molecule has 0 saturated heterocycles. The average molecular weight is 344 g/mol. The number of hydrogen-bond acceptors (Lipinski definition) is 4. The molecule has 0 aromatic rings. The number of carbonyl (C=O) groups is 4. The number of carboxylic acid groups (broad SMARTS) is 4. The number of carboxylic acids is 4. The summed E-state index contributed by atoms with van der Waals surface area (Å²) in [6, 6.07) is 0. The van der Waals surface area contributed by atoms with E-state index in [0.717, 1.165) is 0 Å². The molecule has 0 rings (SSSR count). The van der Waals surface area contributed by atoms with Gasteiger partial charge in [-0.15, -0.1) is 0 Å². The van der Waals surface area contributed by atoms with Crippen LogP contribution >= 0.6 is 0 Å². The Bertz CT molecular complexity index is 222. The molecule has 124 valence electrons. The van der Waals surface area contributed by atoms with E-state index < -0.39 is 23.9 Å². The van der Waals surface area contributed by atoms with Crippen molar-refractivity contribution in [2.24, 2.45) is 0 Å². The van der Waals surface area contributed by atoms with Gasteiger partial charge in [0.15, 0.2) is 0 Å². The second-order valence-electron chi connectivity index (χ2n) is 2.99. The van der Waals surface area contributed by atoms with E-state index >= 15 is 0 Å². The molecule has 0 aliphatic rings. The number of aliphatic carboxylic acids is 4. The smallest absolute Gasteiger partial charge is 0.303 e. The molecule has 0 heterocycles. The summed E-state index contributed by atoms with van der Waals surface area (Å²) >= 11 is 0. The summed E-state index contributed by atoms with van der Waals surface area (Å²) < 4.78 is 0. The van der Waals surface area contributed by atoms with Crippen molar-refractivity contribution in [3.63, 3.8) is 0 Å². The largest absolute Gasteiger partial charge is 0.481 e. The van der Waals surface area contributed by atoms with Crippen molar-refractivity contribution < 1.29 is 61.3 Å². The van der Waals surface area contributed by atoms with Crippen molar-refractivity contribution in [1.82, 2.24) is 0 Å². The quantitative estimate of drug-likeness (QED) is 0.565. The minimum absolute atomic E-state index is 0. The van der Waals surface area contributed by atoms with E-state index in [0.29, 0.717) is 0 Å². The fourth-order valence-electron chi connectivity index (χ4n) is 0. The molecule has 0 spiro atoms. The summed E-state index contributed by atoms with van der Waals surface area (Å²) in [6.07, 6.45) is 0.889. The molecule has 0 atom stereocenters. The van der Waals surface area contributed by atoms with Crippen molar-refractivity contribution in [2.75, 3.05) is 0 Å². The van der Waals surface area contributed by atoms with Crippen LogP contribution in [-0.4, -0.2) is 44.3 Å². The molecule has 9 heteroatoms. The van der Waals surface area contributed by atoms with E-state index in [1.807, 2.05) is 0 Å². The average Bonchev–Trinajstić information content (AvgIpc) is 2.40. The van der Waals surface area contributed by atoms with Gasteiger partial charge in [-0.25, -0.2) is 0 Å². The fraction of sp³-hybridized carbons (Fsp3) is 0.667. The molecule has 21 heavy (non-hydrogen) atoms. The monoisotopic (exact) mass is 344 g/mol. The molecule has 0 aliphatic carbocycles. The van der Waals surface area contributed by atoms with Gasteiger partial charge in [0, 0.05) is 47.4 Å². The van der Waals surface area contributed by atoms with Crippen LogP contribution in [0.2, 0.25) is 0 Å². The summed E-state index contributed by atoms with van der Waals surface area (Å²) in [7, 11) is 0. The van der Waals surface area contributed by atoms with E-state index in [4.69, 9.17) is 20.4 Å². The summed E-state index contributed by atoms with van der Waals surface area (Å²) in [5.41, 5.74) is 0. The van der Waals surface area contributed by atoms with Crippen LogP contribution in [0.5, 0.6) is 0 Å². The van der Waals surface area contributed by atoms with Gasteiger partial charge in [0.1, 0.15) is 0 Å². The van der Waals surface area contributed by atoms with Crippen LogP contribution in [0.1, 0.15) is 53.4 Å². The van der Waals surface area contributed by atoms with Crippen LogP contribution in [0.3, 0.4) is 0 Å². The van der Waals surface area contributed by atoms with Crippen LogP contribution in [0.15, 0.2) is 0 Å². The van der Waals surface area contributed by atoms with Crippen molar-refractivity contribution in [2.45, 2.75) is 53.4 Å². The van der Waals surface area contributed by atoms with Gasteiger partial charge in [-0.05, 0) is 0 Å². The molecule has 0 unspecified atom stereocenters. The minimum atomic E-state index is -0.745. The summed E-state index contributed by atoms with van der Waals surface area (Å²) in [6.45, 7) is 6.40. The van der Waals surface area contributed by atoms with Crippen LogP contribution in [0.25, 0.3) is 0 Å². The Kier molecular flexibility index (Phi) is 40.9. The topological polar surface area (TPSA) is 149 Å². The van der Waals surface area contributed by atoms with Gasteiger partial charge in [0.2, 0.25) is 0 Å². The van der Waals surface area contributed by atoms with Gasteiger partial charge in [0.25, 0.3) is 0 Å². The Morgan fingerprint density at radius 2 is 0.571 bits per heavy atom. The van der Waals surface area contributed by atoms with E-state index in [1.54, 1.807) is 27.7 Å². The van der Waals surface area contributed by atoms with Gasteiger partial charge < -0.3 is 20.4 Å². The van der Waals surface area contributed by atoms with Crippen LogP contribution in [-0.2, 0) is 40.9 Å². The van der Waals surface area contributed by atoms with Crippen LogP contribution in [0.4, 0.5) is 0 Å². The third kappa shape index (κ3) is 118. The molecular weight excluding hydrogens is 320 g/mol. The van der Waals surface area contributed by atoms with Gasteiger partial charge in [-0.2, -0.15) is 0 Å². The van der Waals surface area contributed by atoms with E-state index in [9.17, 15) is 19.2 Å². The second kappa shape index (κ2) is 27.0. The molecule has 8 nitrogen and oxygen atoms in total. The molecule has 0 aliphatic heterocycles. The Balaban J connectivity index is -0.0000000533. The Morgan fingerprint density at radius 1 is 0.524 bits per heavy atom. The summed E-state index contributed by atoms with van der Waals surface area (Å²) in [4.78, 5) is 37.5. The van der Waals surface area contributed by atoms with Crippen molar-refractivity contribution in [3.05, 3.63) is 0 Å². The molecule has 0 saturated carbocycles. The van der Waals surface area contributed by atoms with Crippen LogP contribution < -0.4 is 0 Å². The van der Waals surface area contributed by atoms with E-state index in [-0.39, 0.29) is 47.4 Å². The first kappa shape index (κ1) is 31.8. The third-order valence-corrected chi connectivity index (χ3v) is 1.21. The minimum Gasteiger partial charge on any atom is -0.481 e. The molecule has 0 amide bonds. The summed E-state index contributed by atoms with van der Waals surface area (Å²) in [5.74, 6) is -2.98. The second-order valence-corrected chi connectivity index (χ2v) is 2.99. The Labute approximate surface area is 139 Å². The molecule has 4 N–H and O–H groups in total. The van der Waals surface area contributed by atoms with Crippen molar-refractivity contribution in [1.29, 1.82) is 0 Å². The predicted octanol–water partition coefficient (Wildman–Crippen LogP) is 1.92. The molecule has 0 radical (unpaired) electrons. The number of rotatable bonds is 4. The fourth-order valence-corrected chi connectivity index (χ4v) is 0. The third-order valence-electron chi connectivity index (χ3n) is 1.21. The van der Waals surface area contributed by atoms with E-state index in [1.165, 1.54) is 0 Å².